The first-order chi connectivity index (χ1) is 9.90. The molecule has 1 saturated carbocycles. The zero-order valence-electron chi connectivity index (χ0n) is 12.6. The third-order valence-electron chi connectivity index (χ3n) is 5.23. The van der Waals surface area contributed by atoms with E-state index in [4.69, 9.17) is 5.73 Å². The van der Waals surface area contributed by atoms with Gasteiger partial charge >= 0.3 is 0 Å². The third kappa shape index (κ3) is 2.85. The molecule has 0 spiro atoms. The molecule has 3 rings (SSSR count). The molecule has 0 radical (unpaired) electrons. The summed E-state index contributed by atoms with van der Waals surface area (Å²) in [5.74, 6) is 0.800. The fourth-order valence-electron chi connectivity index (χ4n) is 4.18. The molecule has 2 N–H and O–H groups in total. The highest BCUT2D eigenvalue weighted by molar-refractivity contribution is 5.56. The summed E-state index contributed by atoms with van der Waals surface area (Å²) in [7, 11) is 0. The van der Waals surface area contributed by atoms with E-state index >= 15 is 0 Å². The van der Waals surface area contributed by atoms with Crippen LogP contribution in [0.5, 0.6) is 0 Å². The van der Waals surface area contributed by atoms with Crippen molar-refractivity contribution in [3.05, 3.63) is 29.8 Å². The van der Waals surface area contributed by atoms with Gasteiger partial charge in [0.1, 0.15) is 0 Å². The van der Waals surface area contributed by atoms with Crippen LogP contribution in [0.1, 0.15) is 50.5 Å². The van der Waals surface area contributed by atoms with Crippen molar-refractivity contribution in [1.82, 2.24) is 0 Å². The summed E-state index contributed by atoms with van der Waals surface area (Å²) >= 11 is 0. The first-order valence-electron chi connectivity index (χ1n) is 8.45. The molecule has 0 bridgehead atoms. The Labute approximate surface area is 123 Å². The molecule has 2 nitrogen and oxygen atoms in total. The Morgan fingerprint density at radius 2 is 1.80 bits per heavy atom. The Morgan fingerprint density at radius 3 is 2.55 bits per heavy atom. The molecular formula is C18H28N2. The summed E-state index contributed by atoms with van der Waals surface area (Å²) in [4.78, 5) is 2.63. The lowest BCUT2D eigenvalue weighted by Crippen LogP contribution is -2.48. The van der Waals surface area contributed by atoms with Crippen molar-refractivity contribution in [3.63, 3.8) is 0 Å². The van der Waals surface area contributed by atoms with Crippen molar-refractivity contribution < 1.29 is 0 Å². The van der Waals surface area contributed by atoms with E-state index in [1.54, 1.807) is 0 Å². The van der Waals surface area contributed by atoms with Crippen LogP contribution < -0.4 is 10.6 Å². The molecule has 1 aliphatic heterocycles. The molecule has 0 amide bonds. The van der Waals surface area contributed by atoms with Crippen LogP contribution in [0.2, 0.25) is 0 Å². The van der Waals surface area contributed by atoms with Crippen LogP contribution in [0.15, 0.2) is 24.3 Å². The molecule has 1 aromatic carbocycles. The van der Waals surface area contributed by atoms with Crippen LogP contribution in [0.25, 0.3) is 0 Å². The van der Waals surface area contributed by atoms with Crippen LogP contribution in [-0.4, -0.2) is 19.1 Å². The second-order valence-electron chi connectivity index (χ2n) is 6.48. The standard InChI is InChI=1S/C18H28N2/c19-14-18(16-8-3-1-2-4-9-16)20-13-7-11-15-10-5-6-12-17(15)20/h5-6,10,12,16,18H,1-4,7-9,11,13-14,19H2. The third-order valence-corrected chi connectivity index (χ3v) is 5.23. The minimum absolute atomic E-state index is 0.551. The van der Waals surface area contributed by atoms with E-state index in [9.17, 15) is 0 Å². The molecule has 20 heavy (non-hydrogen) atoms. The average Bonchev–Trinajstić information content (AvgIpc) is 2.78. The monoisotopic (exact) mass is 272 g/mol. The fraction of sp³-hybridized carbons (Fsp3) is 0.667. The van der Waals surface area contributed by atoms with Gasteiger partial charge in [-0.15, -0.1) is 0 Å². The van der Waals surface area contributed by atoms with E-state index in [0.717, 1.165) is 12.5 Å². The quantitative estimate of drug-likeness (QED) is 0.849. The summed E-state index contributed by atoms with van der Waals surface area (Å²) in [6, 6.07) is 9.49. The predicted octanol–water partition coefficient (Wildman–Crippen LogP) is 3.74. The zero-order valence-corrected chi connectivity index (χ0v) is 12.6. The molecule has 1 atom stereocenters. The molecule has 1 aliphatic carbocycles. The van der Waals surface area contributed by atoms with Crippen molar-refractivity contribution in [2.75, 3.05) is 18.0 Å². The number of benzene rings is 1. The smallest absolute Gasteiger partial charge is 0.0440 e. The van der Waals surface area contributed by atoms with Gasteiger partial charge in [-0.3, -0.25) is 0 Å². The van der Waals surface area contributed by atoms with E-state index in [1.807, 2.05) is 0 Å². The van der Waals surface area contributed by atoms with Crippen LogP contribution >= 0.6 is 0 Å². The summed E-state index contributed by atoms with van der Waals surface area (Å²) in [6.07, 6.45) is 10.9. The number of para-hydroxylation sites is 1. The number of nitrogens with two attached hydrogens (primary N) is 1. The average molecular weight is 272 g/mol. The molecule has 1 heterocycles. The fourth-order valence-corrected chi connectivity index (χ4v) is 4.18. The van der Waals surface area contributed by atoms with Crippen molar-refractivity contribution in [3.8, 4) is 0 Å². The summed E-state index contributed by atoms with van der Waals surface area (Å²) in [5, 5.41) is 0. The minimum atomic E-state index is 0.551. The van der Waals surface area contributed by atoms with Crippen molar-refractivity contribution in [2.24, 2.45) is 11.7 Å². The van der Waals surface area contributed by atoms with Gasteiger partial charge in [-0.25, -0.2) is 0 Å². The molecule has 0 aromatic heterocycles. The number of rotatable bonds is 3. The second kappa shape index (κ2) is 6.62. The van der Waals surface area contributed by atoms with Gasteiger partial charge in [0.25, 0.3) is 0 Å². The van der Waals surface area contributed by atoms with Gasteiger partial charge in [-0.1, -0.05) is 43.9 Å². The maximum absolute atomic E-state index is 6.20. The van der Waals surface area contributed by atoms with Crippen LogP contribution in [-0.2, 0) is 6.42 Å². The van der Waals surface area contributed by atoms with Gasteiger partial charge in [-0.05, 0) is 43.2 Å². The number of anilines is 1. The molecule has 1 aromatic rings. The molecule has 0 saturated heterocycles. The molecular weight excluding hydrogens is 244 g/mol. The summed E-state index contributed by atoms with van der Waals surface area (Å²) in [6.45, 7) is 1.99. The zero-order chi connectivity index (χ0) is 13.8. The van der Waals surface area contributed by atoms with Crippen molar-refractivity contribution >= 4 is 5.69 Å². The number of hydrogen-bond acceptors (Lipinski definition) is 2. The lowest BCUT2D eigenvalue weighted by atomic mass is 9.88. The maximum Gasteiger partial charge on any atom is 0.0440 e. The van der Waals surface area contributed by atoms with Gasteiger partial charge in [-0.2, -0.15) is 0 Å². The van der Waals surface area contributed by atoms with E-state index in [-0.39, 0.29) is 0 Å². The van der Waals surface area contributed by atoms with E-state index < -0.39 is 0 Å². The number of fused-ring (bicyclic) bond motifs is 1. The minimum Gasteiger partial charge on any atom is -0.367 e. The van der Waals surface area contributed by atoms with E-state index in [2.05, 4.69) is 29.2 Å². The van der Waals surface area contributed by atoms with E-state index in [1.165, 1.54) is 69.2 Å². The molecule has 2 aliphatic rings. The number of nitrogens with zero attached hydrogens (tertiary/aromatic N) is 1. The van der Waals surface area contributed by atoms with Gasteiger partial charge in [0, 0.05) is 24.8 Å². The van der Waals surface area contributed by atoms with Gasteiger partial charge < -0.3 is 10.6 Å². The lowest BCUT2D eigenvalue weighted by Gasteiger charge is -2.41. The first kappa shape index (κ1) is 13.9. The Balaban J connectivity index is 1.82. The van der Waals surface area contributed by atoms with Crippen molar-refractivity contribution in [1.29, 1.82) is 0 Å². The number of aryl methyl sites for hydroxylation is 1. The van der Waals surface area contributed by atoms with Crippen molar-refractivity contribution in [2.45, 2.75) is 57.4 Å². The second-order valence-corrected chi connectivity index (χ2v) is 6.48. The van der Waals surface area contributed by atoms with E-state index in [0.29, 0.717) is 6.04 Å². The largest absolute Gasteiger partial charge is 0.367 e. The Bertz CT molecular complexity index is 421. The SMILES string of the molecule is NCC(C1CCCCCC1)N1CCCc2ccccc21. The highest BCUT2D eigenvalue weighted by Gasteiger charge is 2.29. The summed E-state index contributed by atoms with van der Waals surface area (Å²) < 4.78 is 0. The molecule has 1 fully saturated rings. The lowest BCUT2D eigenvalue weighted by molar-refractivity contribution is 0.354. The first-order valence-corrected chi connectivity index (χ1v) is 8.45. The summed E-state index contributed by atoms with van der Waals surface area (Å²) in [5.41, 5.74) is 9.18. The highest BCUT2D eigenvalue weighted by atomic mass is 15.2. The van der Waals surface area contributed by atoms with Gasteiger partial charge in [0.05, 0.1) is 0 Å². The molecule has 2 heteroatoms. The Morgan fingerprint density at radius 1 is 1.05 bits per heavy atom. The molecule has 110 valence electrons. The number of hydrogen-bond donors (Lipinski definition) is 1. The predicted molar refractivity (Wildman–Crippen MR) is 86.1 cm³/mol. The topological polar surface area (TPSA) is 29.3 Å². The Kier molecular flexibility index (Phi) is 4.62. The maximum atomic E-state index is 6.20. The normalized spacial score (nSPS) is 22.1. The van der Waals surface area contributed by atoms with Crippen LogP contribution in [0.4, 0.5) is 5.69 Å². The van der Waals surface area contributed by atoms with Gasteiger partial charge in [0.15, 0.2) is 0 Å². The van der Waals surface area contributed by atoms with Gasteiger partial charge in [0.2, 0.25) is 0 Å². The van der Waals surface area contributed by atoms with Crippen LogP contribution in [0.3, 0.4) is 0 Å². The Hall–Kier alpha value is -1.02. The van der Waals surface area contributed by atoms with Crippen LogP contribution in [0, 0.1) is 5.92 Å². The molecule has 1 unspecified atom stereocenters. The highest BCUT2D eigenvalue weighted by Crippen LogP contribution is 2.34.